The minimum absolute atomic E-state index is 0.147. The van der Waals surface area contributed by atoms with E-state index in [0.717, 1.165) is 6.54 Å². The lowest BCUT2D eigenvalue weighted by atomic mass is 9.84. The van der Waals surface area contributed by atoms with Crippen LogP contribution in [0.25, 0.3) is 0 Å². The Balaban J connectivity index is 2.31. The van der Waals surface area contributed by atoms with E-state index in [2.05, 4.69) is 128 Å². The van der Waals surface area contributed by atoms with Crippen LogP contribution in [-0.4, -0.2) is 23.5 Å². The number of anilines is 1. The van der Waals surface area contributed by atoms with Gasteiger partial charge in [0.05, 0.1) is 0 Å². The van der Waals surface area contributed by atoms with Gasteiger partial charge in [-0.05, 0) is 23.7 Å². The highest BCUT2D eigenvalue weighted by molar-refractivity contribution is 5.84. The van der Waals surface area contributed by atoms with Crippen molar-refractivity contribution in [1.82, 2.24) is 0 Å². The van der Waals surface area contributed by atoms with Gasteiger partial charge in [-0.3, -0.25) is 0 Å². The minimum atomic E-state index is 0.147. The minimum Gasteiger partial charge on any atom is -0.229 e. The second-order valence-corrected chi connectivity index (χ2v) is 12.2. The molecule has 2 nitrogen and oxygen atoms in total. The maximum absolute atomic E-state index is 2.63. The second kappa shape index (κ2) is 9.65. The van der Waals surface area contributed by atoms with E-state index in [9.17, 15) is 0 Å². The molecule has 1 heterocycles. The summed E-state index contributed by atoms with van der Waals surface area (Å²) in [6.07, 6.45) is 2.44. The maximum Gasteiger partial charge on any atom is 0.245 e. The van der Waals surface area contributed by atoms with E-state index >= 15 is 0 Å². The summed E-state index contributed by atoms with van der Waals surface area (Å²) in [4.78, 5) is 2.63. The predicted octanol–water partition coefficient (Wildman–Crippen LogP) is 8.79. The van der Waals surface area contributed by atoms with Crippen molar-refractivity contribution in [2.24, 2.45) is 5.41 Å². The lowest BCUT2D eigenvalue weighted by Gasteiger charge is -2.32. The molecule has 0 amide bonds. The molecule has 0 N–H and O–H groups in total. The SMILES string of the molecule is CC(C)c1cccc(C(C)C)c1N1C=[N+](c2c(C(C)C)cccc2C(C)C)CC1C(C)(C)C. The quantitative estimate of drug-likeness (QED) is 0.401. The monoisotopic (exact) mass is 447 g/mol. The molecular weight excluding hydrogens is 400 g/mol. The molecule has 33 heavy (non-hydrogen) atoms. The Bertz CT molecular complexity index is 950. The van der Waals surface area contributed by atoms with E-state index in [-0.39, 0.29) is 5.41 Å². The Kier molecular flexibility index (Phi) is 7.46. The van der Waals surface area contributed by atoms with E-state index in [0.29, 0.717) is 29.7 Å². The first-order valence-corrected chi connectivity index (χ1v) is 13.0. The Morgan fingerprint density at radius 2 is 1.09 bits per heavy atom. The lowest BCUT2D eigenvalue weighted by Crippen LogP contribution is -2.43. The average Bonchev–Trinajstić information content (AvgIpc) is 3.17. The molecule has 0 bridgehead atoms. The molecule has 180 valence electrons. The fourth-order valence-electron chi connectivity index (χ4n) is 5.26. The average molecular weight is 448 g/mol. The highest BCUT2D eigenvalue weighted by Gasteiger charge is 2.44. The number of nitrogens with zero attached hydrogens (tertiary/aromatic N) is 2. The molecule has 0 saturated carbocycles. The van der Waals surface area contributed by atoms with Crippen LogP contribution >= 0.6 is 0 Å². The molecule has 0 spiro atoms. The maximum atomic E-state index is 2.63. The van der Waals surface area contributed by atoms with Gasteiger partial charge in [-0.25, -0.2) is 9.48 Å². The molecule has 1 aliphatic heterocycles. The van der Waals surface area contributed by atoms with Crippen LogP contribution in [0.3, 0.4) is 0 Å². The molecule has 0 radical (unpaired) electrons. The highest BCUT2D eigenvalue weighted by Crippen LogP contribution is 2.42. The van der Waals surface area contributed by atoms with Gasteiger partial charge in [-0.15, -0.1) is 0 Å². The summed E-state index contributed by atoms with van der Waals surface area (Å²) < 4.78 is 2.57. The molecule has 0 aromatic heterocycles. The Morgan fingerprint density at radius 1 is 0.697 bits per heavy atom. The van der Waals surface area contributed by atoms with Crippen molar-refractivity contribution < 1.29 is 4.58 Å². The first-order chi connectivity index (χ1) is 15.3. The van der Waals surface area contributed by atoms with Crippen molar-refractivity contribution in [3.8, 4) is 0 Å². The second-order valence-electron chi connectivity index (χ2n) is 12.2. The number of benzene rings is 2. The lowest BCUT2D eigenvalue weighted by molar-refractivity contribution is -0.432. The summed E-state index contributed by atoms with van der Waals surface area (Å²) in [5, 5.41) is 0. The van der Waals surface area contributed by atoms with Gasteiger partial charge in [0.25, 0.3) is 0 Å². The van der Waals surface area contributed by atoms with Gasteiger partial charge in [0.1, 0.15) is 24.0 Å². The fourth-order valence-corrected chi connectivity index (χ4v) is 5.26. The molecule has 2 aromatic rings. The summed E-state index contributed by atoms with van der Waals surface area (Å²) in [6, 6.07) is 14.2. The molecule has 1 atom stereocenters. The highest BCUT2D eigenvalue weighted by atomic mass is 15.3. The largest absolute Gasteiger partial charge is 0.245 e. The summed E-state index contributed by atoms with van der Waals surface area (Å²) >= 11 is 0. The third-order valence-corrected chi connectivity index (χ3v) is 7.20. The number of para-hydroxylation sites is 2. The van der Waals surface area contributed by atoms with Crippen molar-refractivity contribution in [1.29, 1.82) is 0 Å². The summed E-state index contributed by atoms with van der Waals surface area (Å²) in [7, 11) is 0. The van der Waals surface area contributed by atoms with Gasteiger partial charge in [-0.1, -0.05) is 113 Å². The van der Waals surface area contributed by atoms with Gasteiger partial charge in [-0.2, -0.15) is 0 Å². The van der Waals surface area contributed by atoms with E-state index in [1.54, 1.807) is 0 Å². The molecule has 0 saturated heterocycles. The van der Waals surface area contributed by atoms with Crippen molar-refractivity contribution in [2.75, 3.05) is 11.4 Å². The molecule has 1 aliphatic rings. The van der Waals surface area contributed by atoms with Gasteiger partial charge in [0.15, 0.2) is 0 Å². The first kappa shape index (κ1) is 25.5. The number of hydrogen-bond donors (Lipinski definition) is 0. The molecular formula is C31H47N2+. The molecule has 2 aromatic carbocycles. The van der Waals surface area contributed by atoms with Crippen molar-refractivity contribution in [2.45, 2.75) is 106 Å². The predicted molar refractivity (Wildman–Crippen MR) is 146 cm³/mol. The van der Waals surface area contributed by atoms with Gasteiger partial charge in [0, 0.05) is 27.7 Å². The van der Waals surface area contributed by atoms with Gasteiger partial charge in [0.2, 0.25) is 6.34 Å². The number of hydrogen-bond acceptors (Lipinski definition) is 1. The third kappa shape index (κ3) is 5.05. The Morgan fingerprint density at radius 3 is 1.45 bits per heavy atom. The molecule has 3 rings (SSSR count). The molecule has 0 aliphatic carbocycles. The van der Waals surface area contributed by atoms with Gasteiger partial charge >= 0.3 is 0 Å². The van der Waals surface area contributed by atoms with Gasteiger partial charge < -0.3 is 0 Å². The van der Waals surface area contributed by atoms with E-state index in [1.165, 1.54) is 33.6 Å². The van der Waals surface area contributed by atoms with Crippen molar-refractivity contribution in [3.05, 3.63) is 58.7 Å². The zero-order valence-electron chi connectivity index (χ0n) is 23.0. The molecule has 0 fully saturated rings. The fraction of sp³-hybridized carbons (Fsp3) is 0.581. The summed E-state index contributed by atoms with van der Waals surface area (Å²) in [5.41, 5.74) is 8.81. The van der Waals surface area contributed by atoms with E-state index in [1.807, 2.05) is 0 Å². The third-order valence-electron chi connectivity index (χ3n) is 7.20. The normalized spacial score (nSPS) is 17.1. The summed E-state index contributed by atoms with van der Waals surface area (Å²) in [6.45, 7) is 26.8. The Hall–Kier alpha value is -2.09. The zero-order valence-corrected chi connectivity index (χ0v) is 23.0. The summed E-state index contributed by atoms with van der Waals surface area (Å²) in [5.74, 6) is 1.94. The first-order valence-electron chi connectivity index (χ1n) is 13.0. The van der Waals surface area contributed by atoms with E-state index in [4.69, 9.17) is 0 Å². The van der Waals surface area contributed by atoms with Crippen LogP contribution in [0, 0.1) is 5.41 Å². The van der Waals surface area contributed by atoms with Crippen LogP contribution < -0.4 is 4.90 Å². The standard InChI is InChI=1S/C31H47N2/c1-20(2)24-14-12-15-25(21(3)4)29(24)32-18-28(31(9,10)11)33(19-32)30-26(22(5)6)16-13-17-27(30)23(7)8/h12-17,19-23,28H,18H2,1-11H3/q+1. The number of rotatable bonds is 6. The van der Waals surface area contributed by atoms with Crippen LogP contribution in [0.4, 0.5) is 11.4 Å². The van der Waals surface area contributed by atoms with Crippen LogP contribution in [0.15, 0.2) is 36.4 Å². The van der Waals surface area contributed by atoms with Crippen molar-refractivity contribution >= 4 is 17.7 Å². The van der Waals surface area contributed by atoms with Crippen LogP contribution in [0.2, 0.25) is 0 Å². The van der Waals surface area contributed by atoms with Crippen LogP contribution in [0.1, 0.15) is 122 Å². The van der Waals surface area contributed by atoms with Crippen LogP contribution in [-0.2, 0) is 0 Å². The van der Waals surface area contributed by atoms with Crippen LogP contribution in [0.5, 0.6) is 0 Å². The van der Waals surface area contributed by atoms with Crippen molar-refractivity contribution in [3.63, 3.8) is 0 Å². The Labute approximate surface area is 203 Å². The van der Waals surface area contributed by atoms with E-state index < -0.39 is 0 Å². The molecule has 1 unspecified atom stereocenters. The topological polar surface area (TPSA) is 6.25 Å². The smallest absolute Gasteiger partial charge is 0.229 e. The zero-order chi connectivity index (χ0) is 24.7. The molecule has 2 heteroatoms.